The highest BCUT2D eigenvalue weighted by Gasteiger charge is 2.10. The third-order valence-corrected chi connectivity index (χ3v) is 4.49. The molecule has 0 aliphatic heterocycles. The minimum Gasteiger partial charge on any atom is -0.493 e. The van der Waals surface area contributed by atoms with Gasteiger partial charge in [0.1, 0.15) is 5.75 Å². The maximum atomic E-state index is 11.9. The standard InChI is InChI=1S/C25H27NO3/c1-5-19(4)25(28)26-22-12-8-20(9-13-22)6-7-21-10-14-23(15-11-21)29-17-16-24(27)18(2)3/h8-15,19H,2,5,16-17H2,1,3-4H3,(H,26,28). The number of anilines is 1. The summed E-state index contributed by atoms with van der Waals surface area (Å²) < 4.78 is 5.57. The number of amides is 1. The van der Waals surface area contributed by atoms with E-state index in [1.54, 1.807) is 6.92 Å². The average molecular weight is 389 g/mol. The number of allylic oxidation sites excluding steroid dienone is 1. The molecule has 4 heteroatoms. The predicted octanol–water partition coefficient (Wildman–Crippen LogP) is 4.99. The number of ether oxygens (including phenoxy) is 1. The largest absolute Gasteiger partial charge is 0.493 e. The van der Waals surface area contributed by atoms with E-state index >= 15 is 0 Å². The predicted molar refractivity (Wildman–Crippen MR) is 117 cm³/mol. The molecule has 0 fully saturated rings. The van der Waals surface area contributed by atoms with Crippen molar-refractivity contribution in [2.45, 2.75) is 33.6 Å². The summed E-state index contributed by atoms with van der Waals surface area (Å²) in [6.45, 7) is 9.56. The number of hydrogen-bond donors (Lipinski definition) is 1. The minimum absolute atomic E-state index is 0.00647. The normalized spacial score (nSPS) is 11.0. The van der Waals surface area contributed by atoms with Crippen molar-refractivity contribution in [3.8, 4) is 17.6 Å². The number of carbonyl (C=O) groups is 2. The van der Waals surface area contributed by atoms with Crippen LogP contribution < -0.4 is 10.1 Å². The fraction of sp³-hybridized carbons (Fsp3) is 0.280. The van der Waals surface area contributed by atoms with Gasteiger partial charge in [-0.1, -0.05) is 32.3 Å². The molecular weight excluding hydrogens is 362 g/mol. The molecule has 4 nitrogen and oxygen atoms in total. The van der Waals surface area contributed by atoms with Crippen LogP contribution in [0.5, 0.6) is 5.75 Å². The van der Waals surface area contributed by atoms with Crippen LogP contribution in [-0.2, 0) is 9.59 Å². The Morgan fingerprint density at radius 1 is 1.03 bits per heavy atom. The summed E-state index contributed by atoms with van der Waals surface area (Å²) >= 11 is 0. The van der Waals surface area contributed by atoms with Crippen LogP contribution in [0.4, 0.5) is 5.69 Å². The molecule has 0 saturated heterocycles. The zero-order valence-corrected chi connectivity index (χ0v) is 17.2. The first-order chi connectivity index (χ1) is 13.9. The van der Waals surface area contributed by atoms with Crippen LogP contribution >= 0.6 is 0 Å². The van der Waals surface area contributed by atoms with E-state index in [0.717, 1.165) is 23.2 Å². The van der Waals surface area contributed by atoms with Gasteiger partial charge in [-0.05, 0) is 67.4 Å². The Morgan fingerprint density at radius 2 is 1.59 bits per heavy atom. The average Bonchev–Trinajstić information content (AvgIpc) is 2.73. The maximum absolute atomic E-state index is 11.9. The molecule has 2 aromatic rings. The molecule has 0 spiro atoms. The molecule has 1 unspecified atom stereocenters. The van der Waals surface area contributed by atoms with Gasteiger partial charge in [0.25, 0.3) is 0 Å². The lowest BCUT2D eigenvalue weighted by atomic mass is 10.1. The molecule has 0 aromatic heterocycles. The second-order valence-electron chi connectivity index (χ2n) is 6.95. The van der Waals surface area contributed by atoms with E-state index in [1.165, 1.54) is 0 Å². The second-order valence-corrected chi connectivity index (χ2v) is 6.95. The number of Topliss-reactive ketones (excluding diaryl/α,β-unsaturated/α-hetero) is 1. The minimum atomic E-state index is -0.00647. The smallest absolute Gasteiger partial charge is 0.227 e. The lowest BCUT2D eigenvalue weighted by molar-refractivity contribution is -0.119. The van der Waals surface area contributed by atoms with Crippen molar-refractivity contribution in [2.75, 3.05) is 11.9 Å². The Labute approximate surface area is 173 Å². The van der Waals surface area contributed by atoms with Gasteiger partial charge in [-0.15, -0.1) is 0 Å². The van der Waals surface area contributed by atoms with Gasteiger partial charge < -0.3 is 10.1 Å². The fourth-order valence-corrected chi connectivity index (χ4v) is 2.34. The number of carbonyl (C=O) groups excluding carboxylic acids is 2. The van der Waals surface area contributed by atoms with Crippen molar-refractivity contribution < 1.29 is 14.3 Å². The van der Waals surface area contributed by atoms with Gasteiger partial charge in [0.2, 0.25) is 5.91 Å². The van der Waals surface area contributed by atoms with Crippen LogP contribution in [0.2, 0.25) is 0 Å². The van der Waals surface area contributed by atoms with Crippen LogP contribution in [0, 0.1) is 17.8 Å². The first-order valence-corrected chi connectivity index (χ1v) is 9.73. The number of nitrogens with one attached hydrogen (secondary N) is 1. The van der Waals surface area contributed by atoms with E-state index in [0.29, 0.717) is 24.4 Å². The van der Waals surface area contributed by atoms with Crippen molar-refractivity contribution in [3.63, 3.8) is 0 Å². The lowest BCUT2D eigenvalue weighted by Gasteiger charge is -2.09. The zero-order chi connectivity index (χ0) is 21.2. The summed E-state index contributed by atoms with van der Waals surface area (Å²) in [5.41, 5.74) is 3.05. The first kappa shape index (κ1) is 22.0. The van der Waals surface area contributed by atoms with Crippen molar-refractivity contribution in [2.24, 2.45) is 5.92 Å². The van der Waals surface area contributed by atoms with Gasteiger partial charge in [0, 0.05) is 29.2 Å². The Hall–Kier alpha value is -3.32. The Kier molecular flexibility index (Phi) is 8.24. The SMILES string of the molecule is C=C(C)C(=O)CCOc1ccc(C#Cc2ccc(NC(=O)C(C)CC)cc2)cc1. The Morgan fingerprint density at radius 3 is 2.10 bits per heavy atom. The monoisotopic (exact) mass is 389 g/mol. The number of benzene rings is 2. The molecule has 0 saturated carbocycles. The van der Waals surface area contributed by atoms with Gasteiger partial charge in [-0.3, -0.25) is 9.59 Å². The summed E-state index contributed by atoms with van der Waals surface area (Å²) in [5.74, 6) is 6.95. The number of rotatable bonds is 8. The van der Waals surface area contributed by atoms with Crippen molar-refractivity contribution in [1.82, 2.24) is 0 Å². The Balaban J connectivity index is 1.90. The maximum Gasteiger partial charge on any atom is 0.227 e. The van der Waals surface area contributed by atoms with E-state index < -0.39 is 0 Å². The summed E-state index contributed by atoms with van der Waals surface area (Å²) in [6.07, 6.45) is 1.14. The molecule has 2 rings (SSSR count). The molecule has 2 aromatic carbocycles. The number of hydrogen-bond acceptors (Lipinski definition) is 3. The third kappa shape index (κ3) is 7.31. The quantitative estimate of drug-likeness (QED) is 0.511. The number of ketones is 1. The summed E-state index contributed by atoms with van der Waals surface area (Å²) in [5, 5.41) is 2.90. The molecule has 1 atom stereocenters. The molecule has 150 valence electrons. The molecule has 0 aliphatic rings. The van der Waals surface area contributed by atoms with Crippen LogP contribution in [0.25, 0.3) is 0 Å². The van der Waals surface area contributed by atoms with Crippen molar-refractivity contribution in [3.05, 3.63) is 71.8 Å². The van der Waals surface area contributed by atoms with Crippen LogP contribution in [0.1, 0.15) is 44.7 Å². The highest BCUT2D eigenvalue weighted by Crippen LogP contribution is 2.14. The van der Waals surface area contributed by atoms with Crippen LogP contribution in [0.15, 0.2) is 60.7 Å². The summed E-state index contributed by atoms with van der Waals surface area (Å²) in [6, 6.07) is 14.9. The van der Waals surface area contributed by atoms with Gasteiger partial charge in [-0.2, -0.15) is 0 Å². The second kappa shape index (κ2) is 10.9. The van der Waals surface area contributed by atoms with E-state index in [2.05, 4.69) is 23.7 Å². The molecule has 1 amide bonds. The van der Waals surface area contributed by atoms with Crippen LogP contribution in [0.3, 0.4) is 0 Å². The van der Waals surface area contributed by atoms with Gasteiger partial charge in [-0.25, -0.2) is 0 Å². The van der Waals surface area contributed by atoms with Gasteiger partial charge >= 0.3 is 0 Å². The van der Waals surface area contributed by atoms with Crippen LogP contribution in [-0.4, -0.2) is 18.3 Å². The Bertz CT molecular complexity index is 915. The fourth-order valence-electron chi connectivity index (χ4n) is 2.34. The third-order valence-electron chi connectivity index (χ3n) is 4.49. The molecular formula is C25H27NO3. The van der Waals surface area contributed by atoms with E-state index in [4.69, 9.17) is 4.74 Å². The van der Waals surface area contributed by atoms with E-state index in [9.17, 15) is 9.59 Å². The van der Waals surface area contributed by atoms with Crippen molar-refractivity contribution in [1.29, 1.82) is 0 Å². The zero-order valence-electron chi connectivity index (χ0n) is 17.2. The topological polar surface area (TPSA) is 55.4 Å². The highest BCUT2D eigenvalue weighted by molar-refractivity contribution is 5.94. The molecule has 0 aliphatic carbocycles. The molecule has 1 N–H and O–H groups in total. The molecule has 0 radical (unpaired) electrons. The van der Waals surface area contributed by atoms with E-state index in [-0.39, 0.29) is 17.6 Å². The first-order valence-electron chi connectivity index (χ1n) is 9.73. The molecule has 29 heavy (non-hydrogen) atoms. The van der Waals surface area contributed by atoms with E-state index in [1.807, 2.05) is 62.4 Å². The lowest BCUT2D eigenvalue weighted by Crippen LogP contribution is -2.19. The van der Waals surface area contributed by atoms with Gasteiger partial charge in [0.15, 0.2) is 5.78 Å². The summed E-state index contributed by atoms with van der Waals surface area (Å²) in [4.78, 5) is 23.4. The van der Waals surface area contributed by atoms with Crippen molar-refractivity contribution >= 4 is 17.4 Å². The molecule has 0 heterocycles. The van der Waals surface area contributed by atoms with Gasteiger partial charge in [0.05, 0.1) is 6.61 Å². The highest BCUT2D eigenvalue weighted by atomic mass is 16.5. The summed E-state index contributed by atoms with van der Waals surface area (Å²) in [7, 11) is 0. The molecule has 0 bridgehead atoms.